The van der Waals surface area contributed by atoms with E-state index in [1.165, 1.54) is 0 Å². The van der Waals surface area contributed by atoms with E-state index in [4.69, 9.17) is 27.9 Å². The first kappa shape index (κ1) is 12.9. The molecule has 2 rings (SSSR count). The highest BCUT2D eigenvalue weighted by molar-refractivity contribution is 6.30. The minimum atomic E-state index is 0.235. The minimum Gasteiger partial charge on any atom is -0.473 e. The summed E-state index contributed by atoms with van der Waals surface area (Å²) in [6.07, 6.45) is 0.746. The number of aldehydes is 1. The van der Waals surface area contributed by atoms with Crippen LogP contribution < -0.4 is 4.74 Å². The number of hydrogen-bond donors (Lipinski definition) is 0. The van der Waals surface area contributed by atoms with E-state index in [9.17, 15) is 4.79 Å². The predicted octanol–water partition coefficient (Wildman–Crippen LogP) is 3.78. The zero-order chi connectivity index (χ0) is 13.0. The zero-order valence-electron chi connectivity index (χ0n) is 9.27. The molecule has 1 heterocycles. The van der Waals surface area contributed by atoms with Crippen LogP contribution in [0.1, 0.15) is 15.9 Å². The maximum absolute atomic E-state index is 10.9. The molecule has 0 aliphatic rings. The lowest BCUT2D eigenvalue weighted by molar-refractivity contribution is 0.112. The number of carbonyl (C=O) groups is 1. The van der Waals surface area contributed by atoms with E-state index in [-0.39, 0.29) is 6.61 Å². The Morgan fingerprint density at radius 3 is 2.78 bits per heavy atom. The molecule has 5 heteroatoms. The number of pyridine rings is 1. The van der Waals surface area contributed by atoms with Gasteiger partial charge in [-0.3, -0.25) is 4.79 Å². The van der Waals surface area contributed by atoms with Crippen LogP contribution in [0.25, 0.3) is 0 Å². The third-order valence-corrected chi connectivity index (χ3v) is 2.75. The molecular weight excluding hydrogens is 273 g/mol. The van der Waals surface area contributed by atoms with Gasteiger partial charge in [0, 0.05) is 16.7 Å². The van der Waals surface area contributed by atoms with Gasteiger partial charge < -0.3 is 4.74 Å². The molecule has 0 bridgehead atoms. The van der Waals surface area contributed by atoms with Crippen molar-refractivity contribution in [2.24, 2.45) is 0 Å². The Morgan fingerprint density at radius 1 is 1.22 bits per heavy atom. The van der Waals surface area contributed by atoms with Gasteiger partial charge in [-0.2, -0.15) is 0 Å². The molecule has 3 nitrogen and oxygen atoms in total. The van der Waals surface area contributed by atoms with Gasteiger partial charge in [-0.15, -0.1) is 0 Å². The first-order valence-corrected chi connectivity index (χ1v) is 5.93. The zero-order valence-corrected chi connectivity index (χ0v) is 10.8. The van der Waals surface area contributed by atoms with E-state index in [0.29, 0.717) is 21.6 Å². The second-order valence-electron chi connectivity index (χ2n) is 3.55. The number of halogens is 2. The molecule has 0 spiro atoms. The van der Waals surface area contributed by atoms with E-state index in [1.807, 2.05) is 0 Å². The topological polar surface area (TPSA) is 39.2 Å². The van der Waals surface area contributed by atoms with Crippen LogP contribution in [-0.2, 0) is 6.61 Å². The van der Waals surface area contributed by atoms with Gasteiger partial charge in [-0.1, -0.05) is 35.3 Å². The van der Waals surface area contributed by atoms with Gasteiger partial charge in [-0.25, -0.2) is 4.98 Å². The summed E-state index contributed by atoms with van der Waals surface area (Å²) in [7, 11) is 0. The van der Waals surface area contributed by atoms with Crippen molar-refractivity contribution in [1.82, 2.24) is 4.98 Å². The van der Waals surface area contributed by atoms with Crippen LogP contribution in [0.15, 0.2) is 36.4 Å². The number of nitrogens with zero attached hydrogens (tertiary/aromatic N) is 1. The Bertz CT molecular complexity index is 573. The molecule has 0 fully saturated rings. The van der Waals surface area contributed by atoms with E-state index < -0.39 is 0 Å². The highest BCUT2D eigenvalue weighted by atomic mass is 35.5. The van der Waals surface area contributed by atoms with Gasteiger partial charge in [0.2, 0.25) is 5.88 Å². The van der Waals surface area contributed by atoms with Crippen molar-refractivity contribution in [3.05, 3.63) is 57.7 Å². The average molecular weight is 282 g/mol. The van der Waals surface area contributed by atoms with Crippen molar-refractivity contribution in [1.29, 1.82) is 0 Å². The number of benzene rings is 1. The van der Waals surface area contributed by atoms with E-state index in [1.54, 1.807) is 36.4 Å². The fraction of sp³-hybridized carbons (Fsp3) is 0.0769. The fourth-order valence-electron chi connectivity index (χ4n) is 1.43. The molecule has 92 valence electrons. The highest BCUT2D eigenvalue weighted by Gasteiger charge is 2.04. The second-order valence-corrected chi connectivity index (χ2v) is 4.37. The number of ether oxygens (including phenoxy) is 1. The smallest absolute Gasteiger partial charge is 0.214 e. The molecule has 0 saturated carbocycles. The monoisotopic (exact) mass is 281 g/mol. The molecule has 1 aromatic heterocycles. The summed E-state index contributed by atoms with van der Waals surface area (Å²) in [4.78, 5) is 14.9. The molecular formula is C13H9Cl2NO2. The summed E-state index contributed by atoms with van der Waals surface area (Å²) in [6.45, 7) is 0.235. The van der Waals surface area contributed by atoms with Crippen LogP contribution in [0.3, 0.4) is 0 Å². The normalized spacial score (nSPS) is 10.1. The van der Waals surface area contributed by atoms with Crippen LogP contribution in [0.4, 0.5) is 0 Å². The van der Waals surface area contributed by atoms with Crippen LogP contribution in [0, 0.1) is 0 Å². The molecule has 0 amide bonds. The maximum atomic E-state index is 10.9. The summed E-state index contributed by atoms with van der Waals surface area (Å²) in [5, 5.41) is 0.876. The Morgan fingerprint density at radius 2 is 2.06 bits per heavy atom. The molecule has 0 atom stereocenters. The fourth-order valence-corrected chi connectivity index (χ4v) is 1.77. The Labute approximate surface area is 114 Å². The number of rotatable bonds is 4. The quantitative estimate of drug-likeness (QED) is 0.632. The Hall–Kier alpha value is -1.58. The molecule has 0 aliphatic carbocycles. The SMILES string of the molecule is O=Cc1cc(Cl)ccc1COc1cccc(Cl)n1. The summed E-state index contributed by atoms with van der Waals surface area (Å²) in [6, 6.07) is 10.1. The third-order valence-electron chi connectivity index (χ3n) is 2.30. The Kier molecular flexibility index (Phi) is 4.18. The number of hydrogen-bond acceptors (Lipinski definition) is 3. The Balaban J connectivity index is 2.13. The number of aromatic nitrogens is 1. The van der Waals surface area contributed by atoms with Gasteiger partial charge in [-0.05, 0) is 23.8 Å². The molecule has 0 saturated heterocycles. The van der Waals surface area contributed by atoms with Crippen molar-refractivity contribution < 1.29 is 9.53 Å². The number of carbonyl (C=O) groups excluding carboxylic acids is 1. The molecule has 0 N–H and O–H groups in total. The maximum Gasteiger partial charge on any atom is 0.214 e. The highest BCUT2D eigenvalue weighted by Crippen LogP contribution is 2.17. The lowest BCUT2D eigenvalue weighted by atomic mass is 10.1. The van der Waals surface area contributed by atoms with Gasteiger partial charge in [0.05, 0.1) is 0 Å². The minimum absolute atomic E-state index is 0.235. The van der Waals surface area contributed by atoms with Crippen LogP contribution in [-0.4, -0.2) is 11.3 Å². The summed E-state index contributed by atoms with van der Waals surface area (Å²) < 4.78 is 5.46. The van der Waals surface area contributed by atoms with Crippen LogP contribution in [0.5, 0.6) is 5.88 Å². The molecule has 1 aromatic carbocycles. The van der Waals surface area contributed by atoms with Crippen molar-refractivity contribution in [2.75, 3.05) is 0 Å². The average Bonchev–Trinajstić information content (AvgIpc) is 2.37. The largest absolute Gasteiger partial charge is 0.473 e. The molecule has 0 radical (unpaired) electrons. The van der Waals surface area contributed by atoms with Crippen molar-refractivity contribution in [2.45, 2.75) is 6.61 Å². The first-order chi connectivity index (χ1) is 8.69. The first-order valence-electron chi connectivity index (χ1n) is 5.18. The lowest BCUT2D eigenvalue weighted by Gasteiger charge is -2.07. The van der Waals surface area contributed by atoms with Gasteiger partial charge in [0.25, 0.3) is 0 Å². The summed E-state index contributed by atoms with van der Waals surface area (Å²) >= 11 is 11.5. The standard InChI is InChI=1S/C13H9Cl2NO2/c14-11-5-4-9(10(6-11)7-17)8-18-13-3-1-2-12(15)16-13/h1-7H,8H2. The van der Waals surface area contributed by atoms with Crippen LogP contribution >= 0.6 is 23.2 Å². The molecule has 0 aliphatic heterocycles. The van der Waals surface area contributed by atoms with Gasteiger partial charge in [0.1, 0.15) is 11.8 Å². The summed E-state index contributed by atoms with van der Waals surface area (Å²) in [5.41, 5.74) is 1.25. The van der Waals surface area contributed by atoms with Gasteiger partial charge in [0.15, 0.2) is 6.29 Å². The van der Waals surface area contributed by atoms with Crippen LogP contribution in [0.2, 0.25) is 10.2 Å². The van der Waals surface area contributed by atoms with E-state index >= 15 is 0 Å². The van der Waals surface area contributed by atoms with Gasteiger partial charge >= 0.3 is 0 Å². The van der Waals surface area contributed by atoms with E-state index in [2.05, 4.69) is 4.98 Å². The summed E-state index contributed by atoms with van der Waals surface area (Å²) in [5.74, 6) is 0.411. The predicted molar refractivity (Wildman–Crippen MR) is 70.4 cm³/mol. The molecule has 18 heavy (non-hydrogen) atoms. The van der Waals surface area contributed by atoms with Crippen molar-refractivity contribution in [3.8, 4) is 5.88 Å². The van der Waals surface area contributed by atoms with E-state index in [0.717, 1.165) is 11.8 Å². The second kappa shape index (κ2) is 5.85. The van der Waals surface area contributed by atoms with Crippen molar-refractivity contribution >= 4 is 29.5 Å². The molecule has 2 aromatic rings. The third kappa shape index (κ3) is 3.22. The lowest BCUT2D eigenvalue weighted by Crippen LogP contribution is -2.00. The molecule has 0 unspecified atom stereocenters. The van der Waals surface area contributed by atoms with Crippen molar-refractivity contribution in [3.63, 3.8) is 0 Å².